The molecule has 1 aliphatic rings. The van der Waals surface area contributed by atoms with Crippen molar-refractivity contribution in [2.24, 2.45) is 0 Å². The number of rotatable bonds is 4. The van der Waals surface area contributed by atoms with Crippen LogP contribution in [0.4, 0.5) is 0 Å². The Hall–Kier alpha value is -3.48. The topological polar surface area (TPSA) is 104 Å². The van der Waals surface area contributed by atoms with Gasteiger partial charge in [-0.15, -0.1) is 0 Å². The molecule has 0 fully saturated rings. The predicted molar refractivity (Wildman–Crippen MR) is 87.4 cm³/mol. The highest BCUT2D eigenvalue weighted by molar-refractivity contribution is 6.21. The van der Waals surface area contributed by atoms with Crippen LogP contribution in [0.25, 0.3) is 0 Å². The van der Waals surface area contributed by atoms with Gasteiger partial charge in [0.15, 0.2) is 0 Å². The van der Waals surface area contributed by atoms with E-state index in [1.807, 2.05) is 0 Å². The van der Waals surface area contributed by atoms with Crippen molar-refractivity contribution in [3.63, 3.8) is 0 Å². The molecule has 3 rings (SSSR count). The molecule has 0 aliphatic carbocycles. The summed E-state index contributed by atoms with van der Waals surface area (Å²) in [7, 11) is 1.39. The quantitative estimate of drug-likeness (QED) is 0.823. The highest BCUT2D eigenvalue weighted by atomic mass is 16.4. The second-order valence-electron chi connectivity index (χ2n) is 5.61. The highest BCUT2D eigenvalue weighted by Gasteiger charge is 2.33. The number of hydrogen-bond donors (Lipinski definition) is 2. The van der Waals surface area contributed by atoms with E-state index in [9.17, 15) is 19.2 Å². The number of amides is 3. The van der Waals surface area contributed by atoms with E-state index in [0.717, 1.165) is 10.5 Å². The van der Waals surface area contributed by atoms with Gasteiger partial charge in [0.25, 0.3) is 17.7 Å². The van der Waals surface area contributed by atoms with Gasteiger partial charge in [0.1, 0.15) is 0 Å². The van der Waals surface area contributed by atoms with Crippen LogP contribution in [0.1, 0.15) is 47.0 Å². The van der Waals surface area contributed by atoms with Crippen molar-refractivity contribution >= 4 is 23.7 Å². The van der Waals surface area contributed by atoms with E-state index in [2.05, 4.69) is 5.32 Å². The maximum atomic E-state index is 12.2. The van der Waals surface area contributed by atoms with Crippen LogP contribution in [0.5, 0.6) is 0 Å². The summed E-state index contributed by atoms with van der Waals surface area (Å²) >= 11 is 0. The molecule has 126 valence electrons. The minimum Gasteiger partial charge on any atom is -0.478 e. The van der Waals surface area contributed by atoms with Gasteiger partial charge >= 0.3 is 5.97 Å². The molecule has 0 radical (unpaired) electrons. The Bertz CT molecular complexity index is 902. The summed E-state index contributed by atoms with van der Waals surface area (Å²) in [4.78, 5) is 47.9. The Labute approximate surface area is 142 Å². The van der Waals surface area contributed by atoms with Crippen LogP contribution in [-0.2, 0) is 6.54 Å². The first kappa shape index (κ1) is 16.4. The van der Waals surface area contributed by atoms with Crippen molar-refractivity contribution in [2.45, 2.75) is 6.54 Å². The number of aromatic carboxylic acids is 1. The number of carboxylic acids is 1. The molecule has 1 heterocycles. The summed E-state index contributed by atoms with van der Waals surface area (Å²) < 4.78 is 0. The zero-order valence-corrected chi connectivity index (χ0v) is 13.3. The van der Waals surface area contributed by atoms with Crippen molar-refractivity contribution < 1.29 is 24.3 Å². The first-order valence-corrected chi connectivity index (χ1v) is 7.45. The van der Waals surface area contributed by atoms with Gasteiger partial charge in [0.05, 0.1) is 16.7 Å². The van der Waals surface area contributed by atoms with Crippen molar-refractivity contribution in [2.75, 3.05) is 7.05 Å². The molecule has 2 aromatic carbocycles. The van der Waals surface area contributed by atoms with Crippen LogP contribution < -0.4 is 5.32 Å². The Morgan fingerprint density at radius 1 is 0.960 bits per heavy atom. The molecule has 0 saturated carbocycles. The van der Waals surface area contributed by atoms with Crippen LogP contribution >= 0.6 is 0 Å². The zero-order chi connectivity index (χ0) is 18.1. The first-order valence-electron chi connectivity index (χ1n) is 7.45. The standard InChI is InChI=1S/C18H14N2O5/c1-20-16(22)13-7-6-12(8-14(13)17(20)23)15(21)19-9-10-2-4-11(5-3-10)18(24)25/h2-8H,9H2,1H3,(H,19,21)(H,24,25). The molecule has 1 aliphatic heterocycles. The predicted octanol–water partition coefficient (Wildman–Crippen LogP) is 1.54. The van der Waals surface area contributed by atoms with E-state index in [0.29, 0.717) is 0 Å². The minimum atomic E-state index is -1.02. The number of fused-ring (bicyclic) bond motifs is 1. The second kappa shape index (κ2) is 6.20. The Kier molecular flexibility index (Phi) is 4.06. The van der Waals surface area contributed by atoms with E-state index in [4.69, 9.17) is 5.11 Å². The fourth-order valence-corrected chi connectivity index (χ4v) is 2.55. The van der Waals surface area contributed by atoms with Gasteiger partial charge in [-0.2, -0.15) is 0 Å². The summed E-state index contributed by atoms with van der Waals surface area (Å²) in [6.45, 7) is 0.211. The molecule has 2 aromatic rings. The molecule has 0 bridgehead atoms. The molecule has 0 aromatic heterocycles. The van der Waals surface area contributed by atoms with Gasteiger partial charge in [0.2, 0.25) is 0 Å². The third-order valence-electron chi connectivity index (χ3n) is 4.01. The number of nitrogens with one attached hydrogen (secondary N) is 1. The van der Waals surface area contributed by atoms with Gasteiger partial charge in [0, 0.05) is 19.2 Å². The lowest BCUT2D eigenvalue weighted by molar-refractivity contribution is 0.0682. The molecular formula is C18H14N2O5. The SMILES string of the molecule is CN1C(=O)c2ccc(C(=O)NCc3ccc(C(=O)O)cc3)cc2C1=O. The van der Waals surface area contributed by atoms with Crippen LogP contribution in [0, 0.1) is 0 Å². The van der Waals surface area contributed by atoms with Crippen molar-refractivity contribution in [3.8, 4) is 0 Å². The number of carboxylic acid groups (broad SMARTS) is 1. The molecule has 25 heavy (non-hydrogen) atoms. The van der Waals surface area contributed by atoms with Crippen LogP contribution in [-0.4, -0.2) is 40.7 Å². The van der Waals surface area contributed by atoms with Crippen molar-refractivity contribution in [1.29, 1.82) is 0 Å². The van der Waals surface area contributed by atoms with E-state index in [-0.39, 0.29) is 40.6 Å². The highest BCUT2D eigenvalue weighted by Crippen LogP contribution is 2.22. The van der Waals surface area contributed by atoms with Gasteiger partial charge in [-0.25, -0.2) is 4.79 Å². The minimum absolute atomic E-state index is 0.168. The number of imide groups is 1. The lowest BCUT2D eigenvalue weighted by Crippen LogP contribution is -2.24. The number of carbonyl (C=O) groups excluding carboxylic acids is 3. The number of nitrogens with zero attached hydrogens (tertiary/aromatic N) is 1. The van der Waals surface area contributed by atoms with Gasteiger partial charge in [-0.1, -0.05) is 12.1 Å². The van der Waals surface area contributed by atoms with E-state index < -0.39 is 11.9 Å². The molecule has 7 heteroatoms. The summed E-state index contributed by atoms with van der Waals surface area (Å²) in [5.74, 6) is -2.22. The summed E-state index contributed by atoms with van der Waals surface area (Å²) in [6.07, 6.45) is 0. The average molecular weight is 338 g/mol. The number of benzene rings is 2. The van der Waals surface area contributed by atoms with Crippen molar-refractivity contribution in [1.82, 2.24) is 10.2 Å². The smallest absolute Gasteiger partial charge is 0.335 e. The summed E-state index contributed by atoms with van der Waals surface area (Å²) in [5.41, 5.74) is 1.68. The van der Waals surface area contributed by atoms with Crippen LogP contribution in [0.2, 0.25) is 0 Å². The van der Waals surface area contributed by atoms with E-state index in [1.165, 1.54) is 37.4 Å². The molecule has 0 unspecified atom stereocenters. The lowest BCUT2D eigenvalue weighted by Gasteiger charge is -2.07. The lowest BCUT2D eigenvalue weighted by atomic mass is 10.1. The normalized spacial score (nSPS) is 12.9. The molecular weight excluding hydrogens is 324 g/mol. The van der Waals surface area contributed by atoms with Crippen LogP contribution in [0.3, 0.4) is 0 Å². The zero-order valence-electron chi connectivity index (χ0n) is 13.3. The maximum Gasteiger partial charge on any atom is 0.335 e. The molecule has 0 spiro atoms. The molecule has 7 nitrogen and oxygen atoms in total. The fraction of sp³-hybridized carbons (Fsp3) is 0.111. The van der Waals surface area contributed by atoms with E-state index in [1.54, 1.807) is 12.1 Å². The Morgan fingerprint density at radius 2 is 1.56 bits per heavy atom. The van der Waals surface area contributed by atoms with Gasteiger partial charge in [-0.05, 0) is 35.9 Å². The average Bonchev–Trinajstić information content (AvgIpc) is 2.84. The fourth-order valence-electron chi connectivity index (χ4n) is 2.55. The second-order valence-corrected chi connectivity index (χ2v) is 5.61. The number of carbonyl (C=O) groups is 4. The molecule has 3 amide bonds. The van der Waals surface area contributed by atoms with E-state index >= 15 is 0 Å². The summed E-state index contributed by atoms with van der Waals surface area (Å²) in [6, 6.07) is 10.5. The number of hydrogen-bond acceptors (Lipinski definition) is 4. The Morgan fingerprint density at radius 3 is 2.20 bits per heavy atom. The molecule has 0 atom stereocenters. The van der Waals surface area contributed by atoms with Crippen LogP contribution in [0.15, 0.2) is 42.5 Å². The monoisotopic (exact) mass is 338 g/mol. The molecule has 2 N–H and O–H groups in total. The largest absolute Gasteiger partial charge is 0.478 e. The third kappa shape index (κ3) is 2.99. The Balaban J connectivity index is 1.71. The summed E-state index contributed by atoms with van der Waals surface area (Å²) in [5, 5.41) is 11.5. The van der Waals surface area contributed by atoms with Gasteiger partial charge in [-0.3, -0.25) is 19.3 Å². The first-order chi connectivity index (χ1) is 11.9. The maximum absolute atomic E-state index is 12.2. The van der Waals surface area contributed by atoms with Gasteiger partial charge < -0.3 is 10.4 Å². The van der Waals surface area contributed by atoms with Crippen molar-refractivity contribution in [3.05, 3.63) is 70.3 Å². The third-order valence-corrected chi connectivity index (χ3v) is 4.01. The molecule has 0 saturated heterocycles.